The topological polar surface area (TPSA) is 54.9 Å². The number of aromatic nitrogens is 2. The van der Waals surface area contributed by atoms with E-state index in [1.807, 2.05) is 48.5 Å². The van der Waals surface area contributed by atoms with E-state index in [9.17, 15) is 13.6 Å². The van der Waals surface area contributed by atoms with E-state index in [0.717, 1.165) is 34.4 Å². The molecular weight excluding hydrogens is 440 g/mol. The van der Waals surface area contributed by atoms with Gasteiger partial charge in [-0.2, -0.15) is 0 Å². The Labute approximate surface area is 186 Å². The van der Waals surface area contributed by atoms with Gasteiger partial charge in [-0.15, -0.1) is 0 Å². The molecule has 1 N–H and O–H groups in total. The van der Waals surface area contributed by atoms with E-state index < -0.39 is 17.5 Å². The predicted molar refractivity (Wildman–Crippen MR) is 120 cm³/mol. The summed E-state index contributed by atoms with van der Waals surface area (Å²) in [6.07, 6.45) is 0.519. The van der Waals surface area contributed by atoms with Crippen LogP contribution in [0.15, 0.2) is 71.8 Å². The summed E-state index contributed by atoms with van der Waals surface area (Å²) < 4.78 is 26.8. The van der Waals surface area contributed by atoms with Gasteiger partial charge in [-0.05, 0) is 42.0 Å². The van der Waals surface area contributed by atoms with Crippen molar-refractivity contribution in [3.05, 3.63) is 94.6 Å². The zero-order chi connectivity index (χ0) is 21.8. The molecule has 0 spiro atoms. The summed E-state index contributed by atoms with van der Waals surface area (Å²) in [6, 6.07) is 17.9. The molecule has 0 atom stereocenters. The minimum atomic E-state index is -0.827. The molecule has 4 nitrogen and oxygen atoms in total. The first-order valence-corrected chi connectivity index (χ1v) is 10.7. The molecule has 0 saturated heterocycles. The average molecular weight is 456 g/mol. The number of amides is 1. The minimum absolute atomic E-state index is 0.00253. The molecule has 0 aliphatic carbocycles. The SMILES string of the molecule is O=C(CSc1nc2ccccc2nc1Cc1ccc(Cl)cc1)Nc1ccc(F)cc1F. The van der Waals surface area contributed by atoms with Gasteiger partial charge < -0.3 is 5.32 Å². The molecule has 0 saturated carbocycles. The number of thioether (sulfide) groups is 1. The van der Waals surface area contributed by atoms with Crippen LogP contribution < -0.4 is 5.32 Å². The second-order valence-corrected chi connectivity index (χ2v) is 8.13. The van der Waals surface area contributed by atoms with Gasteiger partial charge in [0.2, 0.25) is 5.91 Å². The Morgan fingerprint density at radius 2 is 1.68 bits per heavy atom. The lowest BCUT2D eigenvalue weighted by atomic mass is 10.1. The highest BCUT2D eigenvalue weighted by Gasteiger charge is 2.14. The smallest absolute Gasteiger partial charge is 0.234 e. The molecule has 4 rings (SSSR count). The normalized spacial score (nSPS) is 10.9. The van der Waals surface area contributed by atoms with Gasteiger partial charge in [-0.1, -0.05) is 47.6 Å². The lowest BCUT2D eigenvalue weighted by molar-refractivity contribution is -0.113. The zero-order valence-electron chi connectivity index (χ0n) is 16.1. The van der Waals surface area contributed by atoms with Gasteiger partial charge in [0.05, 0.1) is 28.2 Å². The van der Waals surface area contributed by atoms with Gasteiger partial charge in [-0.25, -0.2) is 18.7 Å². The lowest BCUT2D eigenvalue weighted by Crippen LogP contribution is -2.15. The molecule has 156 valence electrons. The van der Waals surface area contributed by atoms with E-state index in [-0.39, 0.29) is 11.4 Å². The van der Waals surface area contributed by atoms with Crippen LogP contribution in [0.4, 0.5) is 14.5 Å². The molecule has 31 heavy (non-hydrogen) atoms. The Bertz CT molecular complexity index is 1250. The van der Waals surface area contributed by atoms with Gasteiger partial charge in [0.1, 0.15) is 16.7 Å². The monoisotopic (exact) mass is 455 g/mol. The van der Waals surface area contributed by atoms with Crippen molar-refractivity contribution in [2.45, 2.75) is 11.4 Å². The Kier molecular flexibility index (Phi) is 6.44. The zero-order valence-corrected chi connectivity index (χ0v) is 17.7. The number of carbonyl (C=O) groups excluding carboxylic acids is 1. The summed E-state index contributed by atoms with van der Waals surface area (Å²) in [7, 11) is 0. The fourth-order valence-electron chi connectivity index (χ4n) is 2.96. The summed E-state index contributed by atoms with van der Waals surface area (Å²) in [4.78, 5) is 21.7. The molecule has 4 aromatic rings. The third kappa shape index (κ3) is 5.37. The first kappa shape index (κ1) is 21.2. The van der Waals surface area contributed by atoms with Gasteiger partial charge in [0, 0.05) is 17.5 Å². The first-order valence-electron chi connectivity index (χ1n) is 9.36. The van der Waals surface area contributed by atoms with Crippen molar-refractivity contribution in [1.82, 2.24) is 9.97 Å². The Hall–Kier alpha value is -3.03. The van der Waals surface area contributed by atoms with Crippen molar-refractivity contribution in [3.8, 4) is 0 Å². The summed E-state index contributed by atoms with van der Waals surface area (Å²) in [5.41, 5.74) is 3.14. The van der Waals surface area contributed by atoms with Gasteiger partial charge in [0.15, 0.2) is 0 Å². The van der Waals surface area contributed by atoms with E-state index in [0.29, 0.717) is 16.5 Å². The van der Waals surface area contributed by atoms with Gasteiger partial charge in [0.25, 0.3) is 0 Å². The summed E-state index contributed by atoms with van der Waals surface area (Å²) in [6.45, 7) is 0. The Balaban J connectivity index is 1.55. The van der Waals surface area contributed by atoms with Crippen molar-refractivity contribution in [2.75, 3.05) is 11.1 Å². The third-order valence-corrected chi connectivity index (χ3v) is 5.69. The minimum Gasteiger partial charge on any atom is -0.323 e. The van der Waals surface area contributed by atoms with E-state index in [2.05, 4.69) is 10.3 Å². The molecule has 8 heteroatoms. The number of nitrogens with one attached hydrogen (secondary N) is 1. The van der Waals surface area contributed by atoms with E-state index in [4.69, 9.17) is 16.6 Å². The molecule has 0 bridgehead atoms. The highest BCUT2D eigenvalue weighted by molar-refractivity contribution is 8.00. The van der Waals surface area contributed by atoms with Crippen molar-refractivity contribution < 1.29 is 13.6 Å². The van der Waals surface area contributed by atoms with Crippen LogP contribution >= 0.6 is 23.4 Å². The highest BCUT2D eigenvalue weighted by atomic mass is 35.5. The van der Waals surface area contributed by atoms with Crippen LogP contribution in [0.2, 0.25) is 5.02 Å². The maximum atomic E-state index is 13.8. The average Bonchev–Trinajstić information content (AvgIpc) is 2.76. The summed E-state index contributed by atoms with van der Waals surface area (Å²) in [5, 5.41) is 3.72. The number of nitrogens with zero attached hydrogens (tertiary/aromatic N) is 2. The number of hydrogen-bond acceptors (Lipinski definition) is 4. The number of rotatable bonds is 6. The lowest BCUT2D eigenvalue weighted by Gasteiger charge is -2.10. The molecule has 1 heterocycles. The van der Waals surface area contributed by atoms with Crippen LogP contribution in [0.1, 0.15) is 11.3 Å². The second-order valence-electron chi connectivity index (χ2n) is 6.73. The maximum absolute atomic E-state index is 13.8. The standard InChI is InChI=1S/C23H16ClF2N3OS/c24-15-7-5-14(6-8-15)11-21-23(29-20-4-2-1-3-19(20)27-21)31-13-22(30)28-18-10-9-16(25)12-17(18)26/h1-10,12H,11,13H2,(H,28,30). The van der Waals surface area contributed by atoms with Gasteiger partial charge in [-0.3, -0.25) is 4.79 Å². The molecule has 0 unspecified atom stereocenters. The Morgan fingerprint density at radius 1 is 0.968 bits per heavy atom. The number of benzene rings is 3. The highest BCUT2D eigenvalue weighted by Crippen LogP contribution is 2.25. The fourth-order valence-corrected chi connectivity index (χ4v) is 3.87. The fraction of sp³-hybridized carbons (Fsp3) is 0.0870. The first-order chi connectivity index (χ1) is 15.0. The van der Waals surface area contributed by atoms with Crippen molar-refractivity contribution in [2.24, 2.45) is 0 Å². The molecule has 0 aliphatic rings. The van der Waals surface area contributed by atoms with Crippen LogP contribution in [-0.4, -0.2) is 21.6 Å². The Morgan fingerprint density at radius 3 is 2.39 bits per heavy atom. The van der Waals surface area contributed by atoms with Crippen molar-refractivity contribution in [1.29, 1.82) is 0 Å². The molecule has 0 radical (unpaired) electrons. The van der Waals surface area contributed by atoms with E-state index in [1.165, 1.54) is 17.8 Å². The van der Waals surface area contributed by atoms with E-state index >= 15 is 0 Å². The molecule has 0 fully saturated rings. The molecule has 1 aromatic heterocycles. The predicted octanol–water partition coefficient (Wildman–Crippen LogP) is 5.88. The summed E-state index contributed by atoms with van der Waals surface area (Å²) >= 11 is 7.18. The van der Waals surface area contributed by atoms with Crippen LogP contribution in [0, 0.1) is 11.6 Å². The maximum Gasteiger partial charge on any atom is 0.234 e. The van der Waals surface area contributed by atoms with Crippen molar-refractivity contribution in [3.63, 3.8) is 0 Å². The van der Waals surface area contributed by atoms with Crippen LogP contribution in [0.25, 0.3) is 11.0 Å². The van der Waals surface area contributed by atoms with E-state index in [1.54, 1.807) is 0 Å². The quantitative estimate of drug-likeness (QED) is 0.369. The molecular formula is C23H16ClF2N3OS. The number of hydrogen-bond donors (Lipinski definition) is 1. The number of para-hydroxylation sites is 2. The summed E-state index contributed by atoms with van der Waals surface area (Å²) in [5.74, 6) is -1.96. The molecule has 0 aliphatic heterocycles. The third-order valence-electron chi connectivity index (χ3n) is 4.44. The number of fused-ring (bicyclic) bond motifs is 1. The number of carbonyl (C=O) groups is 1. The molecule has 3 aromatic carbocycles. The van der Waals surface area contributed by atoms with Gasteiger partial charge >= 0.3 is 0 Å². The number of halogens is 3. The van der Waals surface area contributed by atoms with Crippen LogP contribution in [-0.2, 0) is 11.2 Å². The second kappa shape index (κ2) is 9.41. The van der Waals surface area contributed by atoms with Crippen LogP contribution in [0.5, 0.6) is 0 Å². The largest absolute Gasteiger partial charge is 0.323 e. The van der Waals surface area contributed by atoms with Crippen LogP contribution in [0.3, 0.4) is 0 Å². The number of anilines is 1. The van der Waals surface area contributed by atoms with Crippen molar-refractivity contribution >= 4 is 46.0 Å². The molecule has 1 amide bonds.